The molecule has 21 heavy (non-hydrogen) atoms. The molecule has 1 aromatic carbocycles. The summed E-state index contributed by atoms with van der Waals surface area (Å²) in [5, 5.41) is 19.5. The summed E-state index contributed by atoms with van der Waals surface area (Å²) in [5.41, 5.74) is 0.916. The maximum Gasteiger partial charge on any atom is 0.155 e. The van der Waals surface area contributed by atoms with Crippen molar-refractivity contribution in [3.8, 4) is 0 Å². The molecule has 0 radical (unpaired) electrons. The molecule has 0 saturated carbocycles. The number of benzene rings is 1. The van der Waals surface area contributed by atoms with Gasteiger partial charge in [0.2, 0.25) is 0 Å². The van der Waals surface area contributed by atoms with Crippen LogP contribution < -0.4 is 0 Å². The molecule has 1 aromatic rings. The molecule has 4 nitrogen and oxygen atoms in total. The molecule has 0 atom stereocenters. The van der Waals surface area contributed by atoms with E-state index in [-0.39, 0.29) is 25.4 Å². The van der Waals surface area contributed by atoms with Crippen molar-refractivity contribution in [1.29, 1.82) is 0 Å². The van der Waals surface area contributed by atoms with E-state index in [9.17, 15) is 18.6 Å². The van der Waals surface area contributed by atoms with Crippen LogP contribution in [0.4, 0.5) is 0 Å². The van der Waals surface area contributed by atoms with Crippen LogP contribution in [0.2, 0.25) is 0 Å². The Morgan fingerprint density at radius 1 is 1.00 bits per heavy atom. The molecule has 0 fully saturated rings. The van der Waals surface area contributed by atoms with Crippen molar-refractivity contribution in [3.63, 3.8) is 0 Å². The molecule has 0 saturated heterocycles. The van der Waals surface area contributed by atoms with Crippen LogP contribution in [0.3, 0.4) is 0 Å². The lowest BCUT2D eigenvalue weighted by atomic mass is 9.79. The standard InChI is InChI=1S/C16H26O4S/c1-13-5-7-14(8-6-13)16(11-17,12-18)9-10-21(19,20)15(2,3)4/h5-8,17-18H,9-12H2,1-4H3. The minimum Gasteiger partial charge on any atom is -0.395 e. The summed E-state index contributed by atoms with van der Waals surface area (Å²) in [6, 6.07) is 7.47. The SMILES string of the molecule is Cc1ccc(C(CO)(CO)CCS(=O)(=O)C(C)(C)C)cc1. The van der Waals surface area contributed by atoms with E-state index in [1.165, 1.54) is 0 Å². The third kappa shape index (κ3) is 4.05. The predicted molar refractivity (Wildman–Crippen MR) is 85.2 cm³/mol. The Morgan fingerprint density at radius 3 is 1.86 bits per heavy atom. The van der Waals surface area contributed by atoms with Gasteiger partial charge < -0.3 is 10.2 Å². The zero-order valence-corrected chi connectivity index (χ0v) is 14.1. The highest BCUT2D eigenvalue weighted by atomic mass is 32.2. The fraction of sp³-hybridized carbons (Fsp3) is 0.625. The van der Waals surface area contributed by atoms with Crippen molar-refractivity contribution in [2.75, 3.05) is 19.0 Å². The van der Waals surface area contributed by atoms with E-state index in [4.69, 9.17) is 0 Å². The van der Waals surface area contributed by atoms with E-state index in [0.29, 0.717) is 0 Å². The van der Waals surface area contributed by atoms with Crippen LogP contribution in [0.15, 0.2) is 24.3 Å². The van der Waals surface area contributed by atoms with Crippen LogP contribution in [-0.4, -0.2) is 42.3 Å². The van der Waals surface area contributed by atoms with Crippen molar-refractivity contribution >= 4 is 9.84 Å². The fourth-order valence-electron chi connectivity index (χ4n) is 2.08. The smallest absolute Gasteiger partial charge is 0.155 e. The maximum absolute atomic E-state index is 12.3. The summed E-state index contributed by atoms with van der Waals surface area (Å²) in [5.74, 6) is -0.0640. The van der Waals surface area contributed by atoms with Gasteiger partial charge >= 0.3 is 0 Å². The van der Waals surface area contributed by atoms with Gasteiger partial charge in [-0.3, -0.25) is 0 Å². The van der Waals surface area contributed by atoms with Crippen LogP contribution in [0.1, 0.15) is 38.3 Å². The van der Waals surface area contributed by atoms with Gasteiger partial charge in [0.1, 0.15) is 0 Å². The highest BCUT2D eigenvalue weighted by Gasteiger charge is 2.36. The van der Waals surface area contributed by atoms with Crippen molar-refractivity contribution in [1.82, 2.24) is 0 Å². The van der Waals surface area contributed by atoms with Crippen LogP contribution in [-0.2, 0) is 15.3 Å². The molecule has 0 amide bonds. The molecule has 0 aliphatic carbocycles. The van der Waals surface area contributed by atoms with Crippen molar-refractivity contribution in [2.45, 2.75) is 44.3 Å². The summed E-state index contributed by atoms with van der Waals surface area (Å²) in [7, 11) is -3.29. The molecular formula is C16H26O4S. The molecule has 0 aromatic heterocycles. The quantitative estimate of drug-likeness (QED) is 0.840. The molecule has 2 N–H and O–H groups in total. The van der Waals surface area contributed by atoms with Gasteiger partial charge in [0.05, 0.1) is 23.7 Å². The first-order chi connectivity index (χ1) is 9.58. The van der Waals surface area contributed by atoms with Crippen molar-refractivity contribution in [3.05, 3.63) is 35.4 Å². The highest BCUT2D eigenvalue weighted by molar-refractivity contribution is 7.92. The minimum atomic E-state index is -3.29. The van der Waals surface area contributed by atoms with Crippen LogP contribution in [0, 0.1) is 6.92 Å². The van der Waals surface area contributed by atoms with Gasteiger partial charge in [0, 0.05) is 5.41 Å². The summed E-state index contributed by atoms with van der Waals surface area (Å²) >= 11 is 0. The van der Waals surface area contributed by atoms with E-state index in [1.807, 2.05) is 31.2 Å². The Bertz CT molecular complexity index is 549. The second-order valence-corrected chi connectivity index (χ2v) is 9.51. The Kier molecular flexibility index (Phi) is 5.58. The predicted octanol–water partition coefficient (Wildman–Crippen LogP) is 1.82. The van der Waals surface area contributed by atoms with E-state index in [0.717, 1.165) is 11.1 Å². The van der Waals surface area contributed by atoms with Gasteiger partial charge in [0.25, 0.3) is 0 Å². The van der Waals surface area contributed by atoms with E-state index < -0.39 is 20.0 Å². The van der Waals surface area contributed by atoms with E-state index in [2.05, 4.69) is 0 Å². The van der Waals surface area contributed by atoms with Gasteiger partial charge in [-0.15, -0.1) is 0 Å². The van der Waals surface area contributed by atoms with Gasteiger partial charge in [-0.1, -0.05) is 29.8 Å². The molecule has 0 heterocycles. The molecule has 0 spiro atoms. The Hall–Kier alpha value is -0.910. The van der Waals surface area contributed by atoms with Crippen LogP contribution >= 0.6 is 0 Å². The molecule has 0 unspecified atom stereocenters. The third-order valence-corrected chi connectivity index (χ3v) is 6.66. The van der Waals surface area contributed by atoms with Crippen LogP contribution in [0.5, 0.6) is 0 Å². The zero-order chi connectivity index (χ0) is 16.3. The normalized spacial score (nSPS) is 13.4. The lowest BCUT2D eigenvalue weighted by Crippen LogP contribution is -2.39. The zero-order valence-electron chi connectivity index (χ0n) is 13.3. The van der Waals surface area contributed by atoms with Gasteiger partial charge in [-0.25, -0.2) is 8.42 Å². The Morgan fingerprint density at radius 2 is 1.48 bits per heavy atom. The Labute approximate surface area is 127 Å². The molecule has 1 rings (SSSR count). The summed E-state index contributed by atoms with van der Waals surface area (Å²) in [6.07, 6.45) is 0.197. The number of rotatable bonds is 6. The lowest BCUT2D eigenvalue weighted by molar-refractivity contribution is 0.113. The van der Waals surface area contributed by atoms with Gasteiger partial charge in [0.15, 0.2) is 9.84 Å². The lowest BCUT2D eigenvalue weighted by Gasteiger charge is -2.31. The first-order valence-corrected chi connectivity index (χ1v) is 8.74. The first-order valence-electron chi connectivity index (χ1n) is 7.09. The third-order valence-electron chi connectivity index (χ3n) is 4.05. The number of hydrogen-bond acceptors (Lipinski definition) is 4. The second kappa shape index (κ2) is 6.46. The second-order valence-electron chi connectivity index (χ2n) is 6.64. The van der Waals surface area contributed by atoms with Gasteiger partial charge in [-0.05, 0) is 39.7 Å². The topological polar surface area (TPSA) is 74.6 Å². The van der Waals surface area contributed by atoms with Crippen molar-refractivity contribution < 1.29 is 18.6 Å². The molecule has 120 valence electrons. The van der Waals surface area contributed by atoms with E-state index in [1.54, 1.807) is 20.8 Å². The largest absolute Gasteiger partial charge is 0.395 e. The number of aryl methyl sites for hydroxylation is 1. The fourth-order valence-corrected chi connectivity index (χ4v) is 3.35. The number of hydrogen-bond donors (Lipinski definition) is 2. The highest BCUT2D eigenvalue weighted by Crippen LogP contribution is 2.30. The number of aliphatic hydroxyl groups is 2. The molecule has 0 bridgehead atoms. The van der Waals surface area contributed by atoms with Crippen molar-refractivity contribution in [2.24, 2.45) is 0 Å². The summed E-state index contributed by atoms with van der Waals surface area (Å²) < 4.78 is 23.7. The molecule has 0 aliphatic heterocycles. The minimum absolute atomic E-state index is 0.0640. The maximum atomic E-state index is 12.3. The number of sulfone groups is 1. The Balaban J connectivity index is 3.05. The summed E-state index contributed by atoms with van der Waals surface area (Å²) in [4.78, 5) is 0. The van der Waals surface area contributed by atoms with E-state index >= 15 is 0 Å². The monoisotopic (exact) mass is 314 g/mol. The number of aliphatic hydroxyl groups excluding tert-OH is 2. The van der Waals surface area contributed by atoms with Gasteiger partial charge in [-0.2, -0.15) is 0 Å². The first kappa shape index (κ1) is 18.1. The molecular weight excluding hydrogens is 288 g/mol. The average Bonchev–Trinajstić information content (AvgIpc) is 2.41. The summed E-state index contributed by atoms with van der Waals surface area (Å²) in [6.45, 7) is 6.36. The molecule has 5 heteroatoms. The van der Waals surface area contributed by atoms with Crippen LogP contribution in [0.25, 0.3) is 0 Å². The average molecular weight is 314 g/mol. The molecule has 0 aliphatic rings.